The molecule has 0 aromatic rings. The predicted octanol–water partition coefficient (Wildman–Crippen LogP) is 0.974. The Morgan fingerprint density at radius 1 is 1.62 bits per heavy atom. The molecule has 0 spiro atoms. The van der Waals surface area contributed by atoms with Gasteiger partial charge in [-0.05, 0) is 39.4 Å². The molecule has 3 nitrogen and oxygen atoms in total. The summed E-state index contributed by atoms with van der Waals surface area (Å²) in [6.07, 6.45) is 4.31. The topological polar surface area (TPSA) is 39.1 Å². The highest BCUT2D eigenvalue weighted by molar-refractivity contribution is 4.77. The van der Waals surface area contributed by atoms with Crippen LogP contribution in [0.2, 0.25) is 0 Å². The van der Waals surface area contributed by atoms with Gasteiger partial charge in [0.1, 0.15) is 0 Å². The van der Waals surface area contributed by atoms with Crippen LogP contribution >= 0.6 is 0 Å². The molecule has 0 aliphatic carbocycles. The first-order valence-electron chi connectivity index (χ1n) is 5.12. The Morgan fingerprint density at radius 3 is 3.08 bits per heavy atom. The lowest BCUT2D eigenvalue weighted by atomic mass is 10.2. The number of hydrogen-bond acceptors (Lipinski definition) is 3. The van der Waals surface area contributed by atoms with Crippen molar-refractivity contribution < 1.29 is 0 Å². The first-order chi connectivity index (χ1) is 6.33. The van der Waals surface area contributed by atoms with Crippen LogP contribution in [-0.4, -0.2) is 37.6 Å². The Kier molecular flexibility index (Phi) is 4.81. The average molecular weight is 181 g/mol. The summed E-state index contributed by atoms with van der Waals surface area (Å²) in [5.41, 5.74) is 0. The third-order valence-corrected chi connectivity index (χ3v) is 2.52. The van der Waals surface area contributed by atoms with Gasteiger partial charge in [-0.25, -0.2) is 0 Å². The van der Waals surface area contributed by atoms with Crippen LogP contribution in [0.3, 0.4) is 0 Å². The zero-order valence-corrected chi connectivity index (χ0v) is 8.42. The van der Waals surface area contributed by atoms with Gasteiger partial charge in [0.05, 0.1) is 6.07 Å². The van der Waals surface area contributed by atoms with Crippen molar-refractivity contribution in [3.63, 3.8) is 0 Å². The van der Waals surface area contributed by atoms with Crippen LogP contribution in [-0.2, 0) is 0 Å². The number of unbranched alkanes of at least 4 members (excludes halogenated alkanes) is 1. The zero-order valence-electron chi connectivity index (χ0n) is 8.42. The van der Waals surface area contributed by atoms with E-state index in [4.69, 9.17) is 5.26 Å². The molecule has 0 bridgehead atoms. The minimum Gasteiger partial charge on any atom is -0.313 e. The zero-order chi connectivity index (χ0) is 9.52. The van der Waals surface area contributed by atoms with Gasteiger partial charge in [0, 0.05) is 19.0 Å². The second-order valence-electron chi connectivity index (χ2n) is 3.82. The molecule has 1 N–H and O–H groups in total. The van der Waals surface area contributed by atoms with Crippen LogP contribution in [0.5, 0.6) is 0 Å². The van der Waals surface area contributed by atoms with Gasteiger partial charge in [-0.2, -0.15) is 5.26 Å². The molecule has 0 aromatic carbocycles. The van der Waals surface area contributed by atoms with Gasteiger partial charge >= 0.3 is 0 Å². The predicted molar refractivity (Wildman–Crippen MR) is 53.4 cm³/mol. The SMILES string of the molecule is CN(CCCC#N)CC1CCCN1. The van der Waals surface area contributed by atoms with E-state index < -0.39 is 0 Å². The number of nitrogens with one attached hydrogen (secondary N) is 1. The maximum Gasteiger partial charge on any atom is 0.0622 e. The fourth-order valence-electron chi connectivity index (χ4n) is 1.81. The third-order valence-electron chi connectivity index (χ3n) is 2.52. The molecule has 1 fully saturated rings. The molecule has 1 aliphatic heterocycles. The lowest BCUT2D eigenvalue weighted by molar-refractivity contribution is 0.298. The quantitative estimate of drug-likeness (QED) is 0.642. The highest BCUT2D eigenvalue weighted by Crippen LogP contribution is 2.06. The van der Waals surface area contributed by atoms with E-state index in [9.17, 15) is 0 Å². The van der Waals surface area contributed by atoms with Crippen molar-refractivity contribution in [3.05, 3.63) is 0 Å². The fourth-order valence-corrected chi connectivity index (χ4v) is 1.81. The van der Waals surface area contributed by atoms with Gasteiger partial charge in [0.2, 0.25) is 0 Å². The van der Waals surface area contributed by atoms with Crippen LogP contribution in [0.4, 0.5) is 0 Å². The first-order valence-corrected chi connectivity index (χ1v) is 5.12. The third kappa shape index (κ3) is 4.25. The van der Waals surface area contributed by atoms with Crippen LogP contribution in [0.15, 0.2) is 0 Å². The van der Waals surface area contributed by atoms with Crippen molar-refractivity contribution in [2.75, 3.05) is 26.7 Å². The summed E-state index contributed by atoms with van der Waals surface area (Å²) in [7, 11) is 2.14. The number of nitrogens with zero attached hydrogens (tertiary/aromatic N) is 2. The summed E-state index contributed by atoms with van der Waals surface area (Å²) < 4.78 is 0. The van der Waals surface area contributed by atoms with Gasteiger partial charge in [-0.3, -0.25) is 0 Å². The number of hydrogen-bond donors (Lipinski definition) is 1. The van der Waals surface area contributed by atoms with Gasteiger partial charge in [-0.1, -0.05) is 0 Å². The molecular weight excluding hydrogens is 162 g/mol. The molecule has 1 aliphatic rings. The standard InChI is InChI=1S/C10H19N3/c1-13(8-3-2-6-11)9-10-5-4-7-12-10/h10,12H,2-5,7-9H2,1H3. The van der Waals surface area contributed by atoms with Crippen molar-refractivity contribution >= 4 is 0 Å². The summed E-state index contributed by atoms with van der Waals surface area (Å²) >= 11 is 0. The molecule has 1 saturated heterocycles. The summed E-state index contributed by atoms with van der Waals surface area (Å²) in [6.45, 7) is 3.36. The average Bonchev–Trinajstić information content (AvgIpc) is 2.57. The van der Waals surface area contributed by atoms with E-state index in [-0.39, 0.29) is 0 Å². The molecule has 0 saturated carbocycles. The minimum absolute atomic E-state index is 0.683. The summed E-state index contributed by atoms with van der Waals surface area (Å²) in [5.74, 6) is 0. The molecule has 13 heavy (non-hydrogen) atoms. The van der Waals surface area contributed by atoms with Gasteiger partial charge < -0.3 is 10.2 Å². The summed E-state index contributed by atoms with van der Waals surface area (Å²) in [6, 6.07) is 2.86. The lowest BCUT2D eigenvalue weighted by Crippen LogP contribution is -2.35. The van der Waals surface area contributed by atoms with Crippen molar-refractivity contribution in [2.24, 2.45) is 0 Å². The molecule has 1 rings (SSSR count). The van der Waals surface area contributed by atoms with Crippen LogP contribution in [0, 0.1) is 11.3 Å². The Morgan fingerprint density at radius 2 is 2.46 bits per heavy atom. The molecule has 1 heterocycles. The van der Waals surface area contributed by atoms with E-state index in [1.807, 2.05) is 0 Å². The van der Waals surface area contributed by atoms with Gasteiger partial charge in [0.15, 0.2) is 0 Å². The Bertz CT molecular complexity index is 167. The normalized spacial score (nSPS) is 22.1. The largest absolute Gasteiger partial charge is 0.313 e. The number of likely N-dealkylation sites (N-methyl/N-ethyl adjacent to an activating group) is 1. The summed E-state index contributed by atoms with van der Waals surface area (Å²) in [5, 5.41) is 11.9. The molecular formula is C10H19N3. The van der Waals surface area contributed by atoms with Crippen LogP contribution < -0.4 is 5.32 Å². The second kappa shape index (κ2) is 5.95. The molecule has 1 atom stereocenters. The maximum atomic E-state index is 8.38. The second-order valence-corrected chi connectivity index (χ2v) is 3.82. The van der Waals surface area contributed by atoms with E-state index in [0.29, 0.717) is 12.5 Å². The molecule has 74 valence electrons. The van der Waals surface area contributed by atoms with Gasteiger partial charge in [-0.15, -0.1) is 0 Å². The van der Waals surface area contributed by atoms with Crippen LogP contribution in [0.25, 0.3) is 0 Å². The molecule has 3 heteroatoms. The lowest BCUT2D eigenvalue weighted by Gasteiger charge is -2.20. The smallest absolute Gasteiger partial charge is 0.0622 e. The molecule has 0 aromatic heterocycles. The van der Waals surface area contributed by atoms with E-state index in [2.05, 4.69) is 23.3 Å². The fraction of sp³-hybridized carbons (Fsp3) is 0.900. The first kappa shape index (κ1) is 10.5. The number of nitriles is 1. The highest BCUT2D eigenvalue weighted by Gasteiger charge is 2.15. The van der Waals surface area contributed by atoms with Gasteiger partial charge in [0.25, 0.3) is 0 Å². The Hall–Kier alpha value is -0.590. The Balaban J connectivity index is 2.03. The van der Waals surface area contributed by atoms with E-state index in [1.165, 1.54) is 19.4 Å². The summed E-state index contributed by atoms with van der Waals surface area (Å²) in [4.78, 5) is 2.32. The molecule has 1 unspecified atom stereocenters. The monoisotopic (exact) mass is 181 g/mol. The van der Waals surface area contributed by atoms with Crippen LogP contribution in [0.1, 0.15) is 25.7 Å². The van der Waals surface area contributed by atoms with E-state index >= 15 is 0 Å². The highest BCUT2D eigenvalue weighted by atomic mass is 15.1. The van der Waals surface area contributed by atoms with Crippen molar-refractivity contribution in [3.8, 4) is 6.07 Å². The Labute approximate surface area is 80.7 Å². The maximum absolute atomic E-state index is 8.38. The van der Waals surface area contributed by atoms with Crippen molar-refractivity contribution in [2.45, 2.75) is 31.7 Å². The number of rotatable bonds is 5. The molecule has 0 amide bonds. The van der Waals surface area contributed by atoms with Crippen molar-refractivity contribution in [1.29, 1.82) is 5.26 Å². The minimum atomic E-state index is 0.683. The van der Waals surface area contributed by atoms with E-state index in [0.717, 1.165) is 19.5 Å². The van der Waals surface area contributed by atoms with E-state index in [1.54, 1.807) is 0 Å². The molecule has 0 radical (unpaired) electrons. The van der Waals surface area contributed by atoms with Crippen molar-refractivity contribution in [1.82, 2.24) is 10.2 Å².